The lowest BCUT2D eigenvalue weighted by Crippen LogP contribution is -2.49. The van der Waals surface area contributed by atoms with Crippen LogP contribution < -0.4 is 9.80 Å². The Morgan fingerprint density at radius 3 is 2.38 bits per heavy atom. The fourth-order valence-electron chi connectivity index (χ4n) is 3.94. The molecule has 4 rings (SSSR count). The molecular weight excluding hydrogens is 368 g/mol. The number of carbonyl (C=O) groups is 2. The van der Waals surface area contributed by atoms with Gasteiger partial charge in [0.1, 0.15) is 11.9 Å². The van der Waals surface area contributed by atoms with Crippen LogP contribution in [0.2, 0.25) is 0 Å². The van der Waals surface area contributed by atoms with Crippen molar-refractivity contribution in [2.24, 2.45) is 0 Å². The van der Waals surface area contributed by atoms with Gasteiger partial charge < -0.3 is 14.5 Å². The first-order valence-corrected chi connectivity index (χ1v) is 9.98. The topological polar surface area (TPSA) is 66.0 Å². The van der Waals surface area contributed by atoms with Crippen LogP contribution in [-0.4, -0.2) is 60.7 Å². The van der Waals surface area contributed by atoms with Gasteiger partial charge in [-0.2, -0.15) is 0 Å². The number of cyclic esters (lactones) is 1. The summed E-state index contributed by atoms with van der Waals surface area (Å²) in [5.41, 5.74) is 3.70. The highest BCUT2D eigenvalue weighted by atomic mass is 16.6. The summed E-state index contributed by atoms with van der Waals surface area (Å²) in [6.07, 6.45) is 1.43. The Labute approximate surface area is 170 Å². The number of aryl methyl sites for hydroxylation is 2. The number of anilines is 2. The number of aromatic nitrogens is 1. The van der Waals surface area contributed by atoms with Gasteiger partial charge >= 0.3 is 6.09 Å². The zero-order chi connectivity index (χ0) is 20.5. The highest BCUT2D eigenvalue weighted by molar-refractivity contribution is 5.96. The van der Waals surface area contributed by atoms with Crippen molar-refractivity contribution in [1.29, 1.82) is 0 Å². The monoisotopic (exact) mass is 394 g/mol. The number of pyridine rings is 1. The van der Waals surface area contributed by atoms with Gasteiger partial charge in [0.2, 0.25) is 0 Å². The van der Waals surface area contributed by atoms with E-state index in [1.807, 2.05) is 37.1 Å². The predicted octanol–water partition coefficient (Wildman–Crippen LogP) is 3.01. The third-order valence-corrected chi connectivity index (χ3v) is 5.44. The fourth-order valence-corrected chi connectivity index (χ4v) is 3.94. The van der Waals surface area contributed by atoms with Crippen LogP contribution in [0.4, 0.5) is 16.3 Å². The van der Waals surface area contributed by atoms with Crippen molar-refractivity contribution in [2.45, 2.75) is 26.9 Å². The summed E-state index contributed by atoms with van der Waals surface area (Å²) in [5.74, 6) is 1.01. The van der Waals surface area contributed by atoms with E-state index in [2.05, 4.69) is 22.9 Å². The molecule has 2 aliphatic rings. The third-order valence-electron chi connectivity index (χ3n) is 5.44. The van der Waals surface area contributed by atoms with Crippen LogP contribution in [0.5, 0.6) is 0 Å². The molecule has 0 bridgehead atoms. The van der Waals surface area contributed by atoms with E-state index in [0.717, 1.165) is 35.7 Å². The Hall–Kier alpha value is -3.09. The Bertz CT molecular complexity index is 920. The molecule has 1 atom stereocenters. The van der Waals surface area contributed by atoms with Crippen molar-refractivity contribution >= 4 is 23.5 Å². The number of hydrogen-bond donors (Lipinski definition) is 0. The molecular formula is C22H26N4O3. The second-order valence-electron chi connectivity index (χ2n) is 7.78. The molecule has 1 aromatic carbocycles. The number of hydrogen-bond acceptors (Lipinski definition) is 5. The minimum Gasteiger partial charge on any atom is -0.444 e. The molecule has 152 valence electrons. The van der Waals surface area contributed by atoms with Gasteiger partial charge in [0.25, 0.3) is 5.91 Å². The fraction of sp³-hybridized carbons (Fsp3) is 0.409. The standard InChI is InChI=1S/C22H26N4O3/c1-15-12-16(2)20(23-13-15)24-8-10-25(11-9-24)21(27)18-4-6-19(7-5-18)26-14-17(3)29-22(26)28/h4-7,12-13,17H,8-11,14H2,1-3H3. The summed E-state index contributed by atoms with van der Waals surface area (Å²) in [6.45, 7) is 9.35. The molecule has 3 heterocycles. The van der Waals surface area contributed by atoms with Crippen LogP contribution in [0.1, 0.15) is 28.4 Å². The molecule has 1 unspecified atom stereocenters. The van der Waals surface area contributed by atoms with E-state index in [1.54, 1.807) is 17.0 Å². The molecule has 0 radical (unpaired) electrons. The number of rotatable bonds is 3. The summed E-state index contributed by atoms with van der Waals surface area (Å²) in [4.78, 5) is 35.0. The number of benzene rings is 1. The van der Waals surface area contributed by atoms with Crippen molar-refractivity contribution in [3.8, 4) is 0 Å². The van der Waals surface area contributed by atoms with Gasteiger partial charge in [0.15, 0.2) is 0 Å². The van der Waals surface area contributed by atoms with Crippen molar-refractivity contribution in [3.05, 3.63) is 53.2 Å². The lowest BCUT2D eigenvalue weighted by molar-refractivity contribution is 0.0746. The first-order chi connectivity index (χ1) is 13.9. The van der Waals surface area contributed by atoms with Gasteiger partial charge in [-0.25, -0.2) is 9.78 Å². The second kappa shape index (κ2) is 7.73. The summed E-state index contributed by atoms with van der Waals surface area (Å²) in [6, 6.07) is 9.32. The Balaban J connectivity index is 1.39. The van der Waals surface area contributed by atoms with E-state index in [-0.39, 0.29) is 18.1 Å². The molecule has 2 fully saturated rings. The van der Waals surface area contributed by atoms with Crippen molar-refractivity contribution in [2.75, 3.05) is 42.5 Å². The van der Waals surface area contributed by atoms with E-state index < -0.39 is 0 Å². The van der Waals surface area contributed by atoms with Gasteiger partial charge in [-0.15, -0.1) is 0 Å². The molecule has 7 heteroatoms. The van der Waals surface area contributed by atoms with Crippen LogP contribution in [0, 0.1) is 13.8 Å². The lowest BCUT2D eigenvalue weighted by atomic mass is 10.1. The zero-order valence-electron chi connectivity index (χ0n) is 17.1. The largest absolute Gasteiger partial charge is 0.444 e. The van der Waals surface area contributed by atoms with E-state index >= 15 is 0 Å². The van der Waals surface area contributed by atoms with E-state index in [9.17, 15) is 9.59 Å². The number of amides is 2. The minimum absolute atomic E-state index is 0.0159. The quantitative estimate of drug-likeness (QED) is 0.801. The maximum atomic E-state index is 12.9. The summed E-state index contributed by atoms with van der Waals surface area (Å²) < 4.78 is 5.16. The molecule has 2 amide bonds. The van der Waals surface area contributed by atoms with Crippen LogP contribution >= 0.6 is 0 Å². The molecule has 2 aliphatic heterocycles. The van der Waals surface area contributed by atoms with Crippen LogP contribution in [-0.2, 0) is 4.74 Å². The zero-order valence-corrected chi connectivity index (χ0v) is 17.1. The van der Waals surface area contributed by atoms with Gasteiger partial charge in [-0.3, -0.25) is 9.69 Å². The molecule has 0 saturated carbocycles. The molecule has 7 nitrogen and oxygen atoms in total. The maximum Gasteiger partial charge on any atom is 0.414 e. The molecule has 2 aromatic rings. The third kappa shape index (κ3) is 3.90. The van der Waals surface area contributed by atoms with Crippen molar-refractivity contribution in [3.63, 3.8) is 0 Å². The van der Waals surface area contributed by atoms with Gasteiger partial charge in [0.05, 0.1) is 6.54 Å². The van der Waals surface area contributed by atoms with Crippen molar-refractivity contribution in [1.82, 2.24) is 9.88 Å². The average Bonchev–Trinajstić information content (AvgIpc) is 3.06. The molecule has 1 aromatic heterocycles. The first-order valence-electron chi connectivity index (χ1n) is 9.98. The van der Waals surface area contributed by atoms with Gasteiger partial charge in [-0.05, 0) is 56.2 Å². The SMILES string of the molecule is Cc1cnc(N2CCN(C(=O)c3ccc(N4CC(C)OC4=O)cc3)CC2)c(C)c1. The second-order valence-corrected chi connectivity index (χ2v) is 7.78. The normalized spacial score (nSPS) is 19.5. The van der Waals surface area contributed by atoms with Crippen LogP contribution in [0.25, 0.3) is 0 Å². The molecule has 29 heavy (non-hydrogen) atoms. The lowest BCUT2D eigenvalue weighted by Gasteiger charge is -2.36. The van der Waals surface area contributed by atoms with Crippen LogP contribution in [0.3, 0.4) is 0 Å². The average molecular weight is 394 g/mol. The number of piperazine rings is 1. The number of ether oxygens (including phenoxy) is 1. The highest BCUT2D eigenvalue weighted by Crippen LogP contribution is 2.23. The molecule has 2 saturated heterocycles. The van der Waals surface area contributed by atoms with Gasteiger partial charge in [-0.1, -0.05) is 6.07 Å². The number of nitrogens with zero attached hydrogens (tertiary/aromatic N) is 4. The van der Waals surface area contributed by atoms with Crippen LogP contribution in [0.15, 0.2) is 36.5 Å². The van der Waals surface area contributed by atoms with Gasteiger partial charge in [0, 0.05) is 43.6 Å². The predicted molar refractivity (Wildman–Crippen MR) is 112 cm³/mol. The Morgan fingerprint density at radius 2 is 1.79 bits per heavy atom. The Morgan fingerprint density at radius 1 is 1.10 bits per heavy atom. The smallest absolute Gasteiger partial charge is 0.414 e. The van der Waals surface area contributed by atoms with E-state index in [1.165, 1.54) is 0 Å². The molecule has 0 aliphatic carbocycles. The van der Waals surface area contributed by atoms with Crippen molar-refractivity contribution < 1.29 is 14.3 Å². The first kappa shape index (κ1) is 19.2. The summed E-state index contributed by atoms with van der Waals surface area (Å²) in [5, 5.41) is 0. The molecule has 0 N–H and O–H groups in total. The minimum atomic E-state index is -0.340. The summed E-state index contributed by atoms with van der Waals surface area (Å²) in [7, 11) is 0. The summed E-state index contributed by atoms with van der Waals surface area (Å²) >= 11 is 0. The highest BCUT2D eigenvalue weighted by Gasteiger charge is 2.29. The van der Waals surface area contributed by atoms with E-state index in [0.29, 0.717) is 25.2 Å². The van der Waals surface area contributed by atoms with E-state index in [4.69, 9.17) is 4.74 Å². The molecule has 0 spiro atoms. The Kier molecular flexibility index (Phi) is 5.13. The maximum absolute atomic E-state index is 12.9. The number of carbonyl (C=O) groups excluding carboxylic acids is 2.